The molecule has 14 heavy (non-hydrogen) atoms. The second-order valence-corrected chi connectivity index (χ2v) is 4.24. The molecule has 0 fully saturated rings. The molecule has 1 aliphatic rings. The molecular formula is C10H8Br2O2. The molecule has 0 unspecified atom stereocenters. The van der Waals surface area contributed by atoms with Gasteiger partial charge in [0.15, 0.2) is 0 Å². The third-order valence-electron chi connectivity index (χ3n) is 2.29. The second-order valence-electron chi connectivity index (χ2n) is 3.12. The molecule has 0 bridgehead atoms. The number of esters is 1. The van der Waals surface area contributed by atoms with Crippen LogP contribution in [-0.4, -0.2) is 5.97 Å². The number of rotatable bonds is 2. The molecule has 1 heterocycles. The normalized spacial score (nSPS) is 14.0. The van der Waals surface area contributed by atoms with E-state index in [1.807, 2.05) is 12.1 Å². The van der Waals surface area contributed by atoms with Crippen molar-refractivity contribution in [2.24, 2.45) is 0 Å². The van der Waals surface area contributed by atoms with Gasteiger partial charge in [0.2, 0.25) is 0 Å². The molecular weight excluding hydrogens is 312 g/mol. The SMILES string of the molecule is O=C1OCc2cc(CBr)c(CBr)cc21. The number of fused-ring (bicyclic) bond motifs is 1. The maximum Gasteiger partial charge on any atom is 0.338 e. The van der Waals surface area contributed by atoms with E-state index in [9.17, 15) is 4.79 Å². The molecule has 2 rings (SSSR count). The molecule has 0 N–H and O–H groups in total. The molecule has 4 heteroatoms. The van der Waals surface area contributed by atoms with E-state index in [4.69, 9.17) is 4.74 Å². The lowest BCUT2D eigenvalue weighted by Gasteiger charge is -2.05. The van der Waals surface area contributed by atoms with Gasteiger partial charge >= 0.3 is 5.97 Å². The molecule has 0 radical (unpaired) electrons. The topological polar surface area (TPSA) is 26.3 Å². The molecule has 0 aliphatic carbocycles. The summed E-state index contributed by atoms with van der Waals surface area (Å²) in [5.74, 6) is -0.205. The lowest BCUT2D eigenvalue weighted by Crippen LogP contribution is -1.97. The van der Waals surface area contributed by atoms with Crippen molar-refractivity contribution < 1.29 is 9.53 Å². The fourth-order valence-corrected chi connectivity index (χ4v) is 2.56. The summed E-state index contributed by atoms with van der Waals surface area (Å²) >= 11 is 6.83. The van der Waals surface area contributed by atoms with Crippen LogP contribution in [0.3, 0.4) is 0 Å². The van der Waals surface area contributed by atoms with E-state index in [-0.39, 0.29) is 5.97 Å². The Kier molecular flexibility index (Phi) is 2.93. The monoisotopic (exact) mass is 318 g/mol. The third-order valence-corrected chi connectivity index (χ3v) is 3.50. The van der Waals surface area contributed by atoms with Crippen LogP contribution in [0.1, 0.15) is 27.0 Å². The number of carbonyl (C=O) groups is 1. The number of ether oxygens (including phenoxy) is 1. The van der Waals surface area contributed by atoms with Crippen molar-refractivity contribution in [3.05, 3.63) is 34.4 Å². The maximum absolute atomic E-state index is 11.3. The van der Waals surface area contributed by atoms with Gasteiger partial charge in [-0.25, -0.2) is 4.79 Å². The molecule has 0 atom stereocenters. The first-order chi connectivity index (χ1) is 6.76. The van der Waals surface area contributed by atoms with Gasteiger partial charge in [0.25, 0.3) is 0 Å². The number of cyclic esters (lactones) is 1. The molecule has 0 aromatic heterocycles. The minimum absolute atomic E-state index is 0.205. The Bertz CT molecular complexity index is 388. The van der Waals surface area contributed by atoms with Crippen molar-refractivity contribution in [3.8, 4) is 0 Å². The van der Waals surface area contributed by atoms with Gasteiger partial charge in [0, 0.05) is 16.2 Å². The molecule has 0 saturated carbocycles. The lowest BCUT2D eigenvalue weighted by molar-refractivity contribution is 0.0535. The van der Waals surface area contributed by atoms with Crippen LogP contribution in [0, 0.1) is 0 Å². The Hall–Kier alpha value is -0.350. The summed E-state index contributed by atoms with van der Waals surface area (Å²) in [6, 6.07) is 3.95. The predicted octanol–water partition coefficient (Wildman–Crippen LogP) is 3.15. The average molecular weight is 320 g/mol. The zero-order chi connectivity index (χ0) is 10.1. The number of halogens is 2. The van der Waals surface area contributed by atoms with Gasteiger partial charge in [0.1, 0.15) is 6.61 Å². The summed E-state index contributed by atoms with van der Waals surface area (Å²) in [5, 5.41) is 1.56. The minimum atomic E-state index is -0.205. The van der Waals surface area contributed by atoms with Crippen LogP contribution >= 0.6 is 31.9 Å². The summed E-state index contributed by atoms with van der Waals surface area (Å²) in [7, 11) is 0. The summed E-state index contributed by atoms with van der Waals surface area (Å²) in [4.78, 5) is 11.3. The van der Waals surface area contributed by atoms with Crippen LogP contribution in [0.15, 0.2) is 12.1 Å². The Labute approximate surface area is 98.9 Å². The number of alkyl halides is 2. The Morgan fingerprint density at radius 2 is 1.86 bits per heavy atom. The first-order valence-corrected chi connectivity index (χ1v) is 6.44. The third kappa shape index (κ3) is 1.61. The zero-order valence-electron chi connectivity index (χ0n) is 7.35. The molecule has 0 saturated heterocycles. The molecule has 1 aromatic carbocycles. The smallest absolute Gasteiger partial charge is 0.338 e. The zero-order valence-corrected chi connectivity index (χ0v) is 10.5. The second kappa shape index (κ2) is 4.03. The van der Waals surface area contributed by atoms with Crippen LogP contribution in [0.25, 0.3) is 0 Å². The number of hydrogen-bond acceptors (Lipinski definition) is 2. The standard InChI is InChI=1S/C10H8Br2O2/c11-3-6-1-8-5-14-10(13)9(8)2-7(6)4-12/h1-2H,3-5H2. The average Bonchev–Trinajstić information content (AvgIpc) is 2.58. The molecule has 74 valence electrons. The first kappa shape index (κ1) is 10.2. The molecule has 1 aliphatic heterocycles. The van der Waals surface area contributed by atoms with Crippen LogP contribution in [0.2, 0.25) is 0 Å². The fourth-order valence-electron chi connectivity index (χ4n) is 1.52. The quantitative estimate of drug-likeness (QED) is 0.618. The highest BCUT2D eigenvalue weighted by Crippen LogP contribution is 2.26. The number of hydrogen-bond donors (Lipinski definition) is 0. The Balaban J connectivity index is 2.54. The van der Waals surface area contributed by atoms with E-state index in [1.165, 1.54) is 5.56 Å². The van der Waals surface area contributed by atoms with Crippen molar-refractivity contribution in [3.63, 3.8) is 0 Å². The minimum Gasteiger partial charge on any atom is -0.457 e. The molecule has 0 amide bonds. The van der Waals surface area contributed by atoms with Crippen molar-refractivity contribution in [2.75, 3.05) is 0 Å². The van der Waals surface area contributed by atoms with E-state index in [2.05, 4.69) is 31.9 Å². The van der Waals surface area contributed by atoms with Gasteiger partial charge in [-0.05, 0) is 17.2 Å². The van der Waals surface area contributed by atoms with Gasteiger partial charge in [-0.3, -0.25) is 0 Å². The highest BCUT2D eigenvalue weighted by Gasteiger charge is 2.22. The van der Waals surface area contributed by atoms with E-state index in [1.54, 1.807) is 0 Å². The Morgan fingerprint density at radius 3 is 2.50 bits per heavy atom. The summed E-state index contributed by atoms with van der Waals surface area (Å²) < 4.78 is 4.95. The van der Waals surface area contributed by atoms with Crippen LogP contribution < -0.4 is 0 Å². The molecule has 2 nitrogen and oxygen atoms in total. The lowest BCUT2D eigenvalue weighted by atomic mass is 10.0. The highest BCUT2D eigenvalue weighted by atomic mass is 79.9. The van der Waals surface area contributed by atoms with E-state index in [0.717, 1.165) is 21.8 Å². The van der Waals surface area contributed by atoms with E-state index >= 15 is 0 Å². The highest BCUT2D eigenvalue weighted by molar-refractivity contribution is 9.09. The van der Waals surface area contributed by atoms with Gasteiger partial charge < -0.3 is 4.74 Å². The molecule has 1 aromatic rings. The summed E-state index contributed by atoms with van der Waals surface area (Å²) in [5.41, 5.74) is 4.05. The fraction of sp³-hybridized carbons (Fsp3) is 0.300. The summed E-state index contributed by atoms with van der Waals surface area (Å²) in [6.07, 6.45) is 0. The van der Waals surface area contributed by atoms with E-state index in [0.29, 0.717) is 12.2 Å². The largest absolute Gasteiger partial charge is 0.457 e. The van der Waals surface area contributed by atoms with Crippen LogP contribution in [-0.2, 0) is 22.0 Å². The van der Waals surface area contributed by atoms with Crippen molar-refractivity contribution in [1.82, 2.24) is 0 Å². The number of carbonyl (C=O) groups excluding carboxylic acids is 1. The maximum atomic E-state index is 11.3. The Morgan fingerprint density at radius 1 is 1.21 bits per heavy atom. The van der Waals surface area contributed by atoms with Crippen molar-refractivity contribution in [1.29, 1.82) is 0 Å². The predicted molar refractivity (Wildman–Crippen MR) is 60.8 cm³/mol. The van der Waals surface area contributed by atoms with Crippen molar-refractivity contribution >= 4 is 37.8 Å². The van der Waals surface area contributed by atoms with Gasteiger partial charge in [-0.1, -0.05) is 37.9 Å². The molecule has 0 spiro atoms. The van der Waals surface area contributed by atoms with Crippen molar-refractivity contribution in [2.45, 2.75) is 17.3 Å². The van der Waals surface area contributed by atoms with Gasteiger partial charge in [-0.2, -0.15) is 0 Å². The van der Waals surface area contributed by atoms with Gasteiger partial charge in [-0.15, -0.1) is 0 Å². The van der Waals surface area contributed by atoms with Crippen LogP contribution in [0.4, 0.5) is 0 Å². The van der Waals surface area contributed by atoms with Crippen LogP contribution in [0.5, 0.6) is 0 Å². The first-order valence-electron chi connectivity index (χ1n) is 4.20. The van der Waals surface area contributed by atoms with E-state index < -0.39 is 0 Å². The van der Waals surface area contributed by atoms with Gasteiger partial charge in [0.05, 0.1) is 5.56 Å². The summed E-state index contributed by atoms with van der Waals surface area (Å²) in [6.45, 7) is 0.413. The number of benzene rings is 1.